The average molecular weight is 364 g/mol. The third-order valence-corrected chi connectivity index (χ3v) is 3.76. The van der Waals surface area contributed by atoms with Crippen molar-refractivity contribution in [3.63, 3.8) is 0 Å². The first-order valence-electron chi connectivity index (χ1n) is 8.26. The Morgan fingerprint density at radius 1 is 0.815 bits per heavy atom. The zero-order valence-electron chi connectivity index (χ0n) is 14.3. The molecule has 0 unspecified atom stereocenters. The quantitative estimate of drug-likeness (QED) is 0.683. The highest BCUT2D eigenvalue weighted by atomic mass is 19.1. The Balaban J connectivity index is 1.57. The minimum atomic E-state index is -0.744. The number of para-hydroxylation sites is 1. The highest BCUT2D eigenvalue weighted by molar-refractivity contribution is 5.95. The number of nitrogens with one attached hydrogen (secondary N) is 2. The van der Waals surface area contributed by atoms with Gasteiger partial charge in [-0.1, -0.05) is 60.7 Å². The number of carbonyl (C=O) groups is 2. The highest BCUT2D eigenvalue weighted by Crippen LogP contribution is 2.29. The number of hydrazine groups is 1. The molecule has 0 aliphatic rings. The second-order valence-corrected chi connectivity index (χ2v) is 5.63. The monoisotopic (exact) mass is 364 g/mol. The fraction of sp³-hybridized carbons (Fsp3) is 0.0476. The van der Waals surface area contributed by atoms with Crippen LogP contribution in [0.3, 0.4) is 0 Å². The molecule has 3 rings (SSSR count). The molecule has 0 fully saturated rings. The summed E-state index contributed by atoms with van der Waals surface area (Å²) in [5, 5.41) is 0. The molecule has 3 aromatic carbocycles. The Labute approximate surface area is 155 Å². The smallest absolute Gasteiger partial charge is 0.276 e. The van der Waals surface area contributed by atoms with Crippen LogP contribution in [0.15, 0.2) is 78.9 Å². The van der Waals surface area contributed by atoms with Crippen LogP contribution in [0.4, 0.5) is 4.39 Å². The van der Waals surface area contributed by atoms with Gasteiger partial charge in [-0.2, -0.15) is 0 Å². The number of rotatable bonds is 5. The second-order valence-electron chi connectivity index (χ2n) is 5.63. The summed E-state index contributed by atoms with van der Waals surface area (Å²) in [5.74, 6) is -1.44. The zero-order valence-corrected chi connectivity index (χ0v) is 14.3. The Morgan fingerprint density at radius 2 is 1.48 bits per heavy atom. The van der Waals surface area contributed by atoms with E-state index in [2.05, 4.69) is 10.9 Å². The van der Waals surface area contributed by atoms with Crippen molar-refractivity contribution in [1.29, 1.82) is 0 Å². The molecule has 0 radical (unpaired) electrons. The number of ether oxygens (including phenoxy) is 1. The van der Waals surface area contributed by atoms with Crippen molar-refractivity contribution in [2.45, 2.75) is 0 Å². The van der Waals surface area contributed by atoms with Crippen LogP contribution in [0, 0.1) is 5.82 Å². The largest absolute Gasteiger partial charge is 0.483 e. The number of carbonyl (C=O) groups excluding carboxylic acids is 2. The van der Waals surface area contributed by atoms with Gasteiger partial charge in [0.15, 0.2) is 6.61 Å². The van der Waals surface area contributed by atoms with Crippen LogP contribution in [0.1, 0.15) is 10.4 Å². The van der Waals surface area contributed by atoms with Crippen LogP contribution in [-0.2, 0) is 4.79 Å². The summed E-state index contributed by atoms with van der Waals surface area (Å²) in [6, 6.07) is 22.5. The molecule has 0 aliphatic heterocycles. The van der Waals surface area contributed by atoms with Crippen molar-refractivity contribution in [1.82, 2.24) is 10.9 Å². The Kier molecular flexibility index (Phi) is 5.79. The maximum Gasteiger partial charge on any atom is 0.276 e. The van der Waals surface area contributed by atoms with E-state index in [0.29, 0.717) is 5.75 Å². The van der Waals surface area contributed by atoms with E-state index < -0.39 is 17.6 Å². The summed E-state index contributed by atoms with van der Waals surface area (Å²) in [4.78, 5) is 23.8. The van der Waals surface area contributed by atoms with E-state index in [4.69, 9.17) is 4.74 Å². The Morgan fingerprint density at radius 3 is 2.26 bits per heavy atom. The first-order valence-corrected chi connectivity index (χ1v) is 8.26. The molecule has 0 spiro atoms. The van der Waals surface area contributed by atoms with Crippen LogP contribution >= 0.6 is 0 Å². The summed E-state index contributed by atoms with van der Waals surface area (Å²) in [7, 11) is 0. The lowest BCUT2D eigenvalue weighted by Gasteiger charge is -2.12. The third-order valence-electron chi connectivity index (χ3n) is 3.76. The molecule has 27 heavy (non-hydrogen) atoms. The summed E-state index contributed by atoms with van der Waals surface area (Å²) in [6.45, 7) is -0.304. The molecule has 0 bridgehead atoms. The van der Waals surface area contributed by atoms with Gasteiger partial charge in [0.05, 0.1) is 5.56 Å². The second kappa shape index (κ2) is 8.62. The first kappa shape index (κ1) is 18.1. The number of benzene rings is 3. The van der Waals surface area contributed by atoms with Crippen molar-refractivity contribution in [2.24, 2.45) is 0 Å². The number of halogens is 1. The molecule has 3 aromatic rings. The van der Waals surface area contributed by atoms with E-state index >= 15 is 0 Å². The molecule has 0 heterocycles. The lowest BCUT2D eigenvalue weighted by molar-refractivity contribution is -0.123. The van der Waals surface area contributed by atoms with E-state index in [-0.39, 0.29) is 12.2 Å². The maximum atomic E-state index is 13.5. The van der Waals surface area contributed by atoms with Gasteiger partial charge < -0.3 is 4.74 Å². The van der Waals surface area contributed by atoms with Gasteiger partial charge in [0.2, 0.25) is 0 Å². The van der Waals surface area contributed by atoms with E-state index in [0.717, 1.165) is 11.1 Å². The van der Waals surface area contributed by atoms with Gasteiger partial charge in [0, 0.05) is 5.56 Å². The van der Waals surface area contributed by atoms with Crippen LogP contribution in [0.5, 0.6) is 5.75 Å². The summed E-state index contributed by atoms with van der Waals surface area (Å²) in [5.41, 5.74) is 6.02. The van der Waals surface area contributed by atoms with Crippen molar-refractivity contribution in [2.75, 3.05) is 6.61 Å². The van der Waals surface area contributed by atoms with E-state index in [1.165, 1.54) is 24.3 Å². The van der Waals surface area contributed by atoms with Gasteiger partial charge in [0.1, 0.15) is 11.6 Å². The lowest BCUT2D eigenvalue weighted by atomic mass is 10.1. The molecule has 136 valence electrons. The van der Waals surface area contributed by atoms with Gasteiger partial charge in [-0.3, -0.25) is 20.4 Å². The van der Waals surface area contributed by atoms with Crippen molar-refractivity contribution < 1.29 is 18.7 Å². The maximum absolute atomic E-state index is 13.5. The Bertz CT molecular complexity index is 945. The normalized spacial score (nSPS) is 10.1. The highest BCUT2D eigenvalue weighted by Gasteiger charge is 2.12. The van der Waals surface area contributed by atoms with Gasteiger partial charge in [-0.25, -0.2) is 4.39 Å². The van der Waals surface area contributed by atoms with E-state index in [9.17, 15) is 14.0 Å². The predicted octanol–water partition coefficient (Wildman–Crippen LogP) is 3.33. The zero-order chi connectivity index (χ0) is 19.1. The number of amides is 2. The van der Waals surface area contributed by atoms with Gasteiger partial charge in [0.25, 0.3) is 11.8 Å². The predicted molar refractivity (Wildman–Crippen MR) is 99.4 cm³/mol. The van der Waals surface area contributed by atoms with E-state index in [1.807, 2.05) is 42.5 Å². The fourth-order valence-corrected chi connectivity index (χ4v) is 2.47. The molecule has 0 saturated carbocycles. The standard InChI is InChI=1S/C21H17FN2O3/c22-18-12-6-4-11-17(18)21(26)24-23-20(25)14-27-19-13-7-5-10-16(19)15-8-2-1-3-9-15/h1-13H,14H2,(H,23,25)(H,24,26). The molecule has 0 saturated heterocycles. The van der Waals surface area contributed by atoms with Crippen molar-refractivity contribution >= 4 is 11.8 Å². The molecule has 2 amide bonds. The minimum absolute atomic E-state index is 0.159. The molecular weight excluding hydrogens is 347 g/mol. The molecule has 0 aliphatic carbocycles. The van der Waals surface area contributed by atoms with Crippen LogP contribution < -0.4 is 15.6 Å². The summed E-state index contributed by atoms with van der Waals surface area (Å²) >= 11 is 0. The van der Waals surface area contributed by atoms with Crippen LogP contribution in [-0.4, -0.2) is 18.4 Å². The SMILES string of the molecule is O=C(COc1ccccc1-c1ccccc1)NNC(=O)c1ccccc1F. The number of hydrogen-bond acceptors (Lipinski definition) is 3. The van der Waals surface area contributed by atoms with Gasteiger partial charge in [-0.15, -0.1) is 0 Å². The molecule has 0 atom stereocenters. The van der Waals surface area contributed by atoms with Crippen molar-refractivity contribution in [3.05, 3.63) is 90.2 Å². The fourth-order valence-electron chi connectivity index (χ4n) is 2.47. The molecule has 5 nitrogen and oxygen atoms in total. The third kappa shape index (κ3) is 4.70. The molecule has 6 heteroatoms. The lowest BCUT2D eigenvalue weighted by Crippen LogP contribution is -2.44. The molecule has 0 aromatic heterocycles. The molecule has 2 N–H and O–H groups in total. The first-order chi connectivity index (χ1) is 13.1. The van der Waals surface area contributed by atoms with Gasteiger partial charge in [-0.05, 0) is 23.8 Å². The van der Waals surface area contributed by atoms with Crippen LogP contribution in [0.2, 0.25) is 0 Å². The molecular formula is C21H17FN2O3. The Hall–Kier alpha value is -3.67. The van der Waals surface area contributed by atoms with E-state index in [1.54, 1.807) is 12.1 Å². The van der Waals surface area contributed by atoms with Crippen molar-refractivity contribution in [3.8, 4) is 16.9 Å². The minimum Gasteiger partial charge on any atom is -0.483 e. The van der Waals surface area contributed by atoms with Crippen LogP contribution in [0.25, 0.3) is 11.1 Å². The average Bonchev–Trinajstić information content (AvgIpc) is 2.71. The topological polar surface area (TPSA) is 67.4 Å². The van der Waals surface area contributed by atoms with Gasteiger partial charge >= 0.3 is 0 Å². The summed E-state index contributed by atoms with van der Waals surface area (Å²) < 4.78 is 19.1. The summed E-state index contributed by atoms with van der Waals surface area (Å²) in [6.07, 6.45) is 0. The number of hydrogen-bond donors (Lipinski definition) is 2.